The van der Waals surface area contributed by atoms with E-state index in [9.17, 15) is 4.79 Å². The van der Waals surface area contributed by atoms with Gasteiger partial charge in [-0.1, -0.05) is 24.3 Å². The van der Waals surface area contributed by atoms with Crippen LogP contribution in [0.5, 0.6) is 0 Å². The van der Waals surface area contributed by atoms with Crippen molar-refractivity contribution in [1.82, 2.24) is 4.68 Å². The second-order valence-electron chi connectivity index (χ2n) is 4.43. The minimum Gasteiger partial charge on any atom is -0.267 e. The summed E-state index contributed by atoms with van der Waals surface area (Å²) in [7, 11) is 0. The number of nitrogens with zero attached hydrogens (tertiary/aromatic N) is 2. The average molecular weight is 240 g/mol. The second kappa shape index (κ2) is 5.00. The van der Waals surface area contributed by atoms with Crippen molar-refractivity contribution >= 4 is 6.21 Å². The van der Waals surface area contributed by atoms with Crippen molar-refractivity contribution in [1.29, 1.82) is 0 Å². The largest absolute Gasteiger partial charge is 0.271 e. The van der Waals surface area contributed by atoms with E-state index in [1.165, 1.54) is 4.68 Å². The summed E-state index contributed by atoms with van der Waals surface area (Å²) in [6, 6.07) is 11.5. The Morgan fingerprint density at radius 2 is 1.83 bits per heavy atom. The van der Waals surface area contributed by atoms with Crippen LogP contribution in [0.3, 0.4) is 0 Å². The molecule has 0 unspecified atom stereocenters. The van der Waals surface area contributed by atoms with Gasteiger partial charge in [-0.2, -0.15) is 5.10 Å². The Labute approximate surface area is 106 Å². The molecule has 2 rings (SSSR count). The van der Waals surface area contributed by atoms with Crippen molar-refractivity contribution in [2.24, 2.45) is 5.10 Å². The fourth-order valence-electron chi connectivity index (χ4n) is 1.86. The molecular weight excluding hydrogens is 224 g/mol. The molecule has 92 valence electrons. The van der Waals surface area contributed by atoms with Gasteiger partial charge >= 0.3 is 0 Å². The number of benzene rings is 1. The van der Waals surface area contributed by atoms with Crippen LogP contribution < -0.4 is 5.56 Å². The van der Waals surface area contributed by atoms with Crippen LogP contribution in [0, 0.1) is 20.8 Å². The third-order valence-electron chi connectivity index (χ3n) is 2.83. The molecule has 18 heavy (non-hydrogen) atoms. The summed E-state index contributed by atoms with van der Waals surface area (Å²) in [6.45, 7) is 5.81. The topological polar surface area (TPSA) is 34.4 Å². The van der Waals surface area contributed by atoms with Gasteiger partial charge < -0.3 is 0 Å². The normalized spacial score (nSPS) is 11.1. The van der Waals surface area contributed by atoms with Crippen molar-refractivity contribution < 1.29 is 0 Å². The number of hydrogen-bond donors (Lipinski definition) is 0. The van der Waals surface area contributed by atoms with Crippen LogP contribution in [-0.4, -0.2) is 10.9 Å². The second-order valence-corrected chi connectivity index (χ2v) is 4.43. The molecule has 0 N–H and O–H groups in total. The molecular formula is C15H16N2O. The first-order valence-corrected chi connectivity index (χ1v) is 5.88. The summed E-state index contributed by atoms with van der Waals surface area (Å²) in [4.78, 5) is 11.8. The van der Waals surface area contributed by atoms with Crippen molar-refractivity contribution in [2.75, 3.05) is 0 Å². The van der Waals surface area contributed by atoms with E-state index in [0.29, 0.717) is 0 Å². The van der Waals surface area contributed by atoms with Crippen molar-refractivity contribution in [3.05, 3.63) is 69.1 Å². The molecule has 0 spiro atoms. The Morgan fingerprint density at radius 1 is 1.11 bits per heavy atom. The molecule has 0 aliphatic heterocycles. The predicted octanol–water partition coefficient (Wildman–Crippen LogP) is 2.66. The monoisotopic (exact) mass is 240 g/mol. The average Bonchev–Trinajstić information content (AvgIpc) is 2.30. The van der Waals surface area contributed by atoms with Crippen molar-refractivity contribution in [3.8, 4) is 0 Å². The Hall–Kier alpha value is -2.16. The fraction of sp³-hybridized carbons (Fsp3) is 0.200. The number of aromatic nitrogens is 1. The van der Waals surface area contributed by atoms with Gasteiger partial charge in [0.05, 0.1) is 6.21 Å². The highest BCUT2D eigenvalue weighted by atomic mass is 16.1. The van der Waals surface area contributed by atoms with E-state index in [2.05, 4.69) is 5.10 Å². The zero-order chi connectivity index (χ0) is 13.1. The molecule has 2 aromatic rings. The molecule has 0 amide bonds. The molecule has 0 bridgehead atoms. The van der Waals surface area contributed by atoms with Gasteiger partial charge in [-0.15, -0.1) is 0 Å². The van der Waals surface area contributed by atoms with E-state index in [0.717, 1.165) is 22.4 Å². The summed E-state index contributed by atoms with van der Waals surface area (Å²) in [5, 5.41) is 4.26. The maximum atomic E-state index is 11.8. The van der Waals surface area contributed by atoms with Gasteiger partial charge in [0.25, 0.3) is 5.56 Å². The molecule has 0 atom stereocenters. The lowest BCUT2D eigenvalue weighted by Crippen LogP contribution is -2.18. The predicted molar refractivity (Wildman–Crippen MR) is 74.3 cm³/mol. The molecule has 0 aliphatic rings. The van der Waals surface area contributed by atoms with Gasteiger partial charge in [0.2, 0.25) is 0 Å². The maximum absolute atomic E-state index is 11.8. The van der Waals surface area contributed by atoms with Crippen LogP contribution in [0.2, 0.25) is 0 Å². The summed E-state index contributed by atoms with van der Waals surface area (Å²) in [6.07, 6.45) is 1.72. The first kappa shape index (κ1) is 12.3. The Balaban J connectivity index is 2.42. The van der Waals surface area contributed by atoms with E-state index >= 15 is 0 Å². The van der Waals surface area contributed by atoms with E-state index < -0.39 is 0 Å². The lowest BCUT2D eigenvalue weighted by Gasteiger charge is -2.04. The highest BCUT2D eigenvalue weighted by molar-refractivity contribution is 5.81. The highest BCUT2D eigenvalue weighted by Gasteiger charge is 1.99. The summed E-state index contributed by atoms with van der Waals surface area (Å²) in [5.41, 5.74) is 3.85. The summed E-state index contributed by atoms with van der Waals surface area (Å²) >= 11 is 0. The highest BCUT2D eigenvalue weighted by Crippen LogP contribution is 2.04. The first-order chi connectivity index (χ1) is 8.58. The smallest absolute Gasteiger partial charge is 0.267 e. The van der Waals surface area contributed by atoms with Crippen LogP contribution in [0.1, 0.15) is 22.4 Å². The molecule has 0 fully saturated rings. The Bertz CT molecular complexity index is 654. The third-order valence-corrected chi connectivity index (χ3v) is 2.83. The van der Waals surface area contributed by atoms with Crippen LogP contribution in [-0.2, 0) is 0 Å². The van der Waals surface area contributed by atoms with Crippen molar-refractivity contribution in [3.63, 3.8) is 0 Å². The van der Waals surface area contributed by atoms with Crippen LogP contribution in [0.15, 0.2) is 46.3 Å². The van der Waals surface area contributed by atoms with Gasteiger partial charge in [0, 0.05) is 11.8 Å². The molecule has 1 aromatic carbocycles. The quantitative estimate of drug-likeness (QED) is 0.743. The zero-order valence-corrected chi connectivity index (χ0v) is 10.8. The summed E-state index contributed by atoms with van der Waals surface area (Å²) < 4.78 is 1.42. The maximum Gasteiger partial charge on any atom is 0.271 e. The molecule has 0 radical (unpaired) electrons. The van der Waals surface area contributed by atoms with Crippen LogP contribution in [0.4, 0.5) is 0 Å². The molecule has 3 nitrogen and oxygen atoms in total. The molecule has 0 aliphatic carbocycles. The molecule has 1 aromatic heterocycles. The van der Waals surface area contributed by atoms with Gasteiger partial charge in [-0.25, -0.2) is 4.68 Å². The van der Waals surface area contributed by atoms with Crippen LogP contribution in [0.25, 0.3) is 0 Å². The minimum absolute atomic E-state index is 0.0997. The molecule has 0 saturated carbocycles. The van der Waals surface area contributed by atoms with Gasteiger partial charge in [-0.05, 0) is 43.5 Å². The van der Waals surface area contributed by atoms with Crippen molar-refractivity contribution in [2.45, 2.75) is 20.8 Å². The van der Waals surface area contributed by atoms with Crippen LogP contribution >= 0.6 is 0 Å². The third kappa shape index (κ3) is 2.56. The van der Waals surface area contributed by atoms with Gasteiger partial charge in [0.1, 0.15) is 0 Å². The fourth-order valence-corrected chi connectivity index (χ4v) is 1.86. The van der Waals surface area contributed by atoms with Gasteiger partial charge in [0.15, 0.2) is 0 Å². The Morgan fingerprint density at radius 3 is 2.50 bits per heavy atom. The van der Waals surface area contributed by atoms with E-state index in [4.69, 9.17) is 0 Å². The molecule has 3 heteroatoms. The number of hydrogen-bond acceptors (Lipinski definition) is 2. The number of aryl methyl sites for hydroxylation is 3. The van der Waals surface area contributed by atoms with E-state index in [-0.39, 0.29) is 5.56 Å². The van der Waals surface area contributed by atoms with E-state index in [1.54, 1.807) is 12.3 Å². The lowest BCUT2D eigenvalue weighted by atomic mass is 10.1. The summed E-state index contributed by atoms with van der Waals surface area (Å²) in [5.74, 6) is 0. The Kier molecular flexibility index (Phi) is 3.42. The molecule has 1 heterocycles. The lowest BCUT2D eigenvalue weighted by molar-refractivity contribution is 0.790. The SMILES string of the molecule is Cc1cc(C)n(N=Cc2ccccc2C)c(=O)c1. The zero-order valence-electron chi connectivity index (χ0n) is 10.8. The first-order valence-electron chi connectivity index (χ1n) is 5.88. The number of rotatable bonds is 2. The minimum atomic E-state index is -0.0997. The standard InChI is InChI=1S/C15H16N2O/c1-11-8-13(3)17(15(18)9-11)16-10-14-7-5-4-6-12(14)2/h4-10H,1-3H3. The number of pyridine rings is 1. The van der Waals surface area contributed by atoms with Gasteiger partial charge in [-0.3, -0.25) is 4.79 Å². The molecule has 0 saturated heterocycles. The van der Waals surface area contributed by atoms with E-state index in [1.807, 2.05) is 51.1 Å².